The van der Waals surface area contributed by atoms with Crippen LogP contribution in [0.25, 0.3) is 5.57 Å². The van der Waals surface area contributed by atoms with E-state index in [4.69, 9.17) is 0 Å². The van der Waals surface area contributed by atoms with E-state index in [9.17, 15) is 14.4 Å². The molecule has 1 aromatic carbocycles. The molecule has 3 aliphatic rings. The van der Waals surface area contributed by atoms with Gasteiger partial charge in [0.2, 0.25) is 11.8 Å². The van der Waals surface area contributed by atoms with E-state index in [1.165, 1.54) is 11.3 Å². The van der Waals surface area contributed by atoms with Gasteiger partial charge in [-0.2, -0.15) is 0 Å². The van der Waals surface area contributed by atoms with Gasteiger partial charge in [-0.3, -0.25) is 19.7 Å². The number of benzene rings is 1. The number of thiophene rings is 1. The molecule has 1 aromatic heterocycles. The smallest absolute Gasteiger partial charge is 0.233 e. The van der Waals surface area contributed by atoms with Crippen molar-refractivity contribution in [3.8, 4) is 0 Å². The number of ketones is 1. The molecule has 5 nitrogen and oxygen atoms in total. The average Bonchev–Trinajstić information content (AvgIpc) is 3.33. The summed E-state index contributed by atoms with van der Waals surface area (Å²) in [4.78, 5) is 41.0. The van der Waals surface area contributed by atoms with E-state index in [0.717, 1.165) is 16.8 Å². The number of rotatable bonds is 2. The van der Waals surface area contributed by atoms with Crippen LogP contribution in [-0.4, -0.2) is 29.7 Å². The first-order valence-electron chi connectivity index (χ1n) is 8.56. The molecule has 2 saturated heterocycles. The fourth-order valence-corrected chi connectivity index (χ4v) is 5.28. The average molecular weight is 364 g/mol. The maximum atomic E-state index is 13.3. The van der Waals surface area contributed by atoms with E-state index in [0.29, 0.717) is 4.88 Å². The van der Waals surface area contributed by atoms with Crippen LogP contribution in [0.1, 0.15) is 22.2 Å². The molecule has 5 rings (SSSR count). The number of para-hydroxylation sites is 1. The van der Waals surface area contributed by atoms with Gasteiger partial charge in [-0.15, -0.1) is 11.3 Å². The number of amides is 2. The molecule has 3 aliphatic heterocycles. The van der Waals surface area contributed by atoms with Crippen LogP contribution < -0.4 is 10.2 Å². The number of allylic oxidation sites excluding steroid dienone is 1. The lowest BCUT2D eigenvalue weighted by atomic mass is 9.86. The number of nitrogens with zero attached hydrogens (tertiary/aromatic N) is 1. The standard InChI is InChI=1S/C20H16N2O3S/c1-10-9-13-15-16(20(25)21-19(15)24)17(18(23)14-7-4-8-26-14)22(13)12-6-3-2-5-11(10)12/h2-9,13,15-17H,1H3,(H,21,24,25)/t13-,15-,16+,17-/m0/s1. The maximum Gasteiger partial charge on any atom is 0.233 e. The lowest BCUT2D eigenvalue weighted by Crippen LogP contribution is -2.48. The van der Waals surface area contributed by atoms with Crippen LogP contribution in [-0.2, 0) is 9.59 Å². The van der Waals surface area contributed by atoms with Gasteiger partial charge in [0, 0.05) is 11.3 Å². The Morgan fingerprint density at radius 1 is 1.08 bits per heavy atom. The predicted molar refractivity (Wildman–Crippen MR) is 98.9 cm³/mol. The molecule has 0 radical (unpaired) electrons. The molecule has 6 heteroatoms. The summed E-state index contributed by atoms with van der Waals surface area (Å²) in [6.07, 6.45) is 2.03. The quantitative estimate of drug-likeness (QED) is 0.657. The summed E-state index contributed by atoms with van der Waals surface area (Å²) >= 11 is 1.37. The Hall–Kier alpha value is -2.73. The first-order valence-corrected chi connectivity index (χ1v) is 9.44. The fraction of sp³-hybridized carbons (Fsp3) is 0.250. The largest absolute Gasteiger partial charge is 0.352 e. The number of hydrogen-bond donors (Lipinski definition) is 1. The highest BCUT2D eigenvalue weighted by Gasteiger charge is 2.61. The van der Waals surface area contributed by atoms with Gasteiger partial charge in [0.05, 0.1) is 22.8 Å². The maximum absolute atomic E-state index is 13.3. The third-order valence-electron chi connectivity index (χ3n) is 5.63. The van der Waals surface area contributed by atoms with Crippen molar-refractivity contribution >= 4 is 40.2 Å². The molecule has 0 unspecified atom stereocenters. The van der Waals surface area contributed by atoms with Crippen molar-refractivity contribution in [2.45, 2.75) is 19.0 Å². The molecule has 2 amide bonds. The van der Waals surface area contributed by atoms with E-state index >= 15 is 0 Å². The molecule has 0 aliphatic carbocycles. The number of anilines is 1. The van der Waals surface area contributed by atoms with E-state index in [1.807, 2.05) is 53.6 Å². The Bertz CT molecular complexity index is 979. The molecule has 0 spiro atoms. The Balaban J connectivity index is 1.71. The molecule has 2 fully saturated rings. The topological polar surface area (TPSA) is 66.5 Å². The second-order valence-electron chi connectivity index (χ2n) is 6.96. The molecule has 2 aromatic rings. The van der Waals surface area contributed by atoms with Crippen LogP contribution in [0.15, 0.2) is 47.9 Å². The predicted octanol–water partition coefficient (Wildman–Crippen LogP) is 2.49. The summed E-state index contributed by atoms with van der Waals surface area (Å²) < 4.78 is 0. The van der Waals surface area contributed by atoms with Gasteiger partial charge in [0.15, 0.2) is 5.78 Å². The first kappa shape index (κ1) is 15.5. The second kappa shape index (κ2) is 5.38. The molecule has 4 heterocycles. The number of carbonyl (C=O) groups is 3. The second-order valence-corrected chi connectivity index (χ2v) is 7.90. The minimum Gasteiger partial charge on any atom is -0.352 e. The molecular weight excluding hydrogens is 348 g/mol. The Kier molecular flexibility index (Phi) is 3.21. The number of fused-ring (bicyclic) bond motifs is 5. The molecule has 0 saturated carbocycles. The van der Waals surface area contributed by atoms with Crippen LogP contribution in [0.4, 0.5) is 5.69 Å². The summed E-state index contributed by atoms with van der Waals surface area (Å²) in [5, 5.41) is 4.29. The Labute approximate surface area is 154 Å². The molecule has 26 heavy (non-hydrogen) atoms. The molecule has 4 atom stereocenters. The minimum absolute atomic E-state index is 0.0925. The SMILES string of the molecule is CC1=C[C@H]2[C@@H]3C(=O)NC(=O)[C@H]3[C@@H](C(=O)c3cccs3)N2c2ccccc21. The molecule has 130 valence electrons. The Morgan fingerprint density at radius 3 is 2.62 bits per heavy atom. The molecular formula is C20H16N2O3S. The highest BCUT2D eigenvalue weighted by atomic mass is 32.1. The first-order chi connectivity index (χ1) is 12.6. The van der Waals surface area contributed by atoms with E-state index in [-0.39, 0.29) is 23.6 Å². The molecule has 1 N–H and O–H groups in total. The van der Waals surface area contributed by atoms with Gasteiger partial charge in [0.1, 0.15) is 6.04 Å². The van der Waals surface area contributed by atoms with Gasteiger partial charge in [-0.1, -0.05) is 30.3 Å². The highest BCUT2D eigenvalue weighted by molar-refractivity contribution is 7.12. The van der Waals surface area contributed by atoms with Crippen LogP contribution in [0.2, 0.25) is 0 Å². The fourth-order valence-electron chi connectivity index (χ4n) is 4.58. The zero-order chi connectivity index (χ0) is 18.0. The van der Waals surface area contributed by atoms with Crippen molar-refractivity contribution in [2.24, 2.45) is 11.8 Å². The van der Waals surface area contributed by atoms with Crippen LogP contribution >= 0.6 is 11.3 Å². The number of hydrogen-bond acceptors (Lipinski definition) is 5. The lowest BCUT2D eigenvalue weighted by molar-refractivity contribution is -0.126. The van der Waals surface area contributed by atoms with Crippen molar-refractivity contribution in [3.63, 3.8) is 0 Å². The van der Waals surface area contributed by atoms with Gasteiger partial charge >= 0.3 is 0 Å². The summed E-state index contributed by atoms with van der Waals surface area (Å²) in [6, 6.07) is 10.5. The van der Waals surface area contributed by atoms with Gasteiger partial charge in [-0.05, 0) is 30.0 Å². The summed E-state index contributed by atoms with van der Waals surface area (Å²) in [5.74, 6) is -1.89. The Morgan fingerprint density at radius 2 is 1.85 bits per heavy atom. The van der Waals surface area contributed by atoms with Crippen molar-refractivity contribution in [3.05, 3.63) is 58.3 Å². The van der Waals surface area contributed by atoms with Crippen molar-refractivity contribution in [1.82, 2.24) is 5.32 Å². The third-order valence-corrected chi connectivity index (χ3v) is 6.51. The summed E-state index contributed by atoms with van der Waals surface area (Å²) in [6.45, 7) is 2.01. The van der Waals surface area contributed by atoms with Crippen LogP contribution in [0.3, 0.4) is 0 Å². The normalized spacial score (nSPS) is 29.0. The number of Topliss-reactive ketones (excluding diaryl/α,β-unsaturated/α-hetero) is 1. The van der Waals surface area contributed by atoms with Gasteiger partial charge in [0.25, 0.3) is 0 Å². The van der Waals surface area contributed by atoms with Crippen molar-refractivity contribution in [2.75, 3.05) is 4.90 Å². The summed E-state index contributed by atoms with van der Waals surface area (Å²) in [7, 11) is 0. The minimum atomic E-state index is -0.666. The lowest BCUT2D eigenvalue weighted by Gasteiger charge is -2.37. The van der Waals surface area contributed by atoms with Crippen molar-refractivity contribution < 1.29 is 14.4 Å². The zero-order valence-electron chi connectivity index (χ0n) is 14.0. The van der Waals surface area contributed by atoms with Gasteiger partial charge < -0.3 is 4.90 Å². The van der Waals surface area contributed by atoms with Gasteiger partial charge in [-0.25, -0.2) is 0 Å². The monoisotopic (exact) mass is 364 g/mol. The summed E-state index contributed by atoms with van der Waals surface area (Å²) in [5.41, 5.74) is 3.03. The van der Waals surface area contributed by atoms with E-state index < -0.39 is 17.9 Å². The third kappa shape index (κ3) is 1.93. The number of imide groups is 1. The zero-order valence-corrected chi connectivity index (χ0v) is 14.8. The van der Waals surface area contributed by atoms with Crippen molar-refractivity contribution in [1.29, 1.82) is 0 Å². The van der Waals surface area contributed by atoms with Crippen LogP contribution in [0, 0.1) is 11.8 Å². The number of carbonyl (C=O) groups excluding carboxylic acids is 3. The number of nitrogens with one attached hydrogen (secondary N) is 1. The van der Waals surface area contributed by atoms with E-state index in [1.54, 1.807) is 6.07 Å². The van der Waals surface area contributed by atoms with E-state index in [2.05, 4.69) is 5.32 Å². The van der Waals surface area contributed by atoms with Crippen LogP contribution in [0.5, 0.6) is 0 Å². The molecule has 0 bridgehead atoms. The highest BCUT2D eigenvalue weighted by Crippen LogP contribution is 2.48.